The fourth-order valence-corrected chi connectivity index (χ4v) is 2.01. The number of hydrogen-bond acceptors (Lipinski definition) is 3. The Bertz CT molecular complexity index is 529. The van der Waals surface area contributed by atoms with Gasteiger partial charge >= 0.3 is 0 Å². The van der Waals surface area contributed by atoms with Crippen LogP contribution in [0, 0.1) is 28.8 Å². The molecule has 0 aliphatic heterocycles. The van der Waals surface area contributed by atoms with Gasteiger partial charge in [0.15, 0.2) is 0 Å². The Balaban J connectivity index is 3.12. The number of nitro groups is 1. The summed E-state index contributed by atoms with van der Waals surface area (Å²) in [7, 11) is 0. The van der Waals surface area contributed by atoms with Gasteiger partial charge in [-0.3, -0.25) is 14.9 Å². The highest BCUT2D eigenvalue weighted by molar-refractivity contribution is 5.95. The topological polar surface area (TPSA) is 72.2 Å². The lowest BCUT2D eigenvalue weighted by Crippen LogP contribution is -2.38. The Labute approximate surface area is 117 Å². The van der Waals surface area contributed by atoms with Crippen LogP contribution in [-0.2, 0) is 0 Å². The summed E-state index contributed by atoms with van der Waals surface area (Å²) in [6, 6.07) is 2.00. The summed E-state index contributed by atoms with van der Waals surface area (Å²) in [4.78, 5) is 22.2. The molecule has 0 spiro atoms. The lowest BCUT2D eigenvalue weighted by Gasteiger charge is -2.21. The molecule has 1 rings (SSSR count). The molecule has 0 bridgehead atoms. The molecule has 0 heterocycles. The zero-order valence-corrected chi connectivity index (χ0v) is 12.1. The van der Waals surface area contributed by atoms with Crippen LogP contribution in [0.2, 0.25) is 0 Å². The first-order valence-electron chi connectivity index (χ1n) is 6.53. The van der Waals surface area contributed by atoms with Gasteiger partial charge in [-0.2, -0.15) is 0 Å². The monoisotopic (exact) mass is 282 g/mol. The lowest BCUT2D eigenvalue weighted by molar-refractivity contribution is -0.385. The van der Waals surface area contributed by atoms with Crippen molar-refractivity contribution in [1.29, 1.82) is 0 Å². The van der Waals surface area contributed by atoms with E-state index in [-0.39, 0.29) is 28.8 Å². The number of amides is 1. The number of aryl methyl sites for hydroxylation is 1. The number of hydrogen-bond donors (Lipinski definition) is 1. The Kier molecular flexibility index (Phi) is 5.19. The Hall–Kier alpha value is -1.98. The van der Waals surface area contributed by atoms with E-state index < -0.39 is 16.6 Å². The zero-order chi connectivity index (χ0) is 15.4. The normalized spacial score (nSPS) is 12.3. The standard InChI is InChI=1S/C14H19FN2O3/c1-5-12(8(2)3)16-14(18)11-7-10(17(19)20)6-9(4)13(11)15/h6-8,12H,5H2,1-4H3,(H,16,18). The van der Waals surface area contributed by atoms with E-state index in [2.05, 4.69) is 5.32 Å². The van der Waals surface area contributed by atoms with E-state index in [4.69, 9.17) is 0 Å². The van der Waals surface area contributed by atoms with Gasteiger partial charge in [-0.1, -0.05) is 20.8 Å². The van der Waals surface area contributed by atoms with Crippen molar-refractivity contribution in [2.75, 3.05) is 0 Å². The largest absolute Gasteiger partial charge is 0.349 e. The van der Waals surface area contributed by atoms with Crippen LogP contribution >= 0.6 is 0 Å². The minimum absolute atomic E-state index is 0.0851. The third-order valence-corrected chi connectivity index (χ3v) is 3.26. The molecule has 0 fully saturated rings. The van der Waals surface area contributed by atoms with Gasteiger partial charge in [-0.05, 0) is 24.8 Å². The maximum atomic E-state index is 14.0. The van der Waals surface area contributed by atoms with E-state index in [0.717, 1.165) is 12.1 Å². The number of carbonyl (C=O) groups excluding carboxylic acids is 1. The minimum Gasteiger partial charge on any atom is -0.349 e. The molecule has 20 heavy (non-hydrogen) atoms. The van der Waals surface area contributed by atoms with Gasteiger partial charge < -0.3 is 5.32 Å². The van der Waals surface area contributed by atoms with Crippen LogP contribution in [0.4, 0.5) is 10.1 Å². The van der Waals surface area contributed by atoms with E-state index in [1.165, 1.54) is 6.92 Å². The van der Waals surface area contributed by atoms with E-state index in [0.29, 0.717) is 6.42 Å². The fraction of sp³-hybridized carbons (Fsp3) is 0.500. The molecule has 110 valence electrons. The van der Waals surface area contributed by atoms with Crippen LogP contribution < -0.4 is 5.32 Å². The summed E-state index contributed by atoms with van der Waals surface area (Å²) < 4.78 is 14.0. The maximum Gasteiger partial charge on any atom is 0.270 e. The summed E-state index contributed by atoms with van der Waals surface area (Å²) >= 11 is 0. The van der Waals surface area contributed by atoms with Gasteiger partial charge in [0.2, 0.25) is 0 Å². The molecule has 1 atom stereocenters. The molecule has 0 radical (unpaired) electrons. The second-order valence-electron chi connectivity index (χ2n) is 5.11. The highest BCUT2D eigenvalue weighted by Gasteiger charge is 2.22. The van der Waals surface area contributed by atoms with Crippen LogP contribution in [0.5, 0.6) is 0 Å². The first-order valence-corrected chi connectivity index (χ1v) is 6.53. The number of non-ortho nitro benzene ring substituents is 1. The first-order chi connectivity index (χ1) is 9.27. The molecule has 1 aromatic carbocycles. The molecule has 1 aromatic rings. The summed E-state index contributed by atoms with van der Waals surface area (Å²) in [6.45, 7) is 7.21. The summed E-state index contributed by atoms with van der Waals surface area (Å²) in [5, 5.41) is 13.5. The molecule has 1 amide bonds. The molecule has 0 saturated carbocycles. The molecule has 0 saturated heterocycles. The van der Waals surface area contributed by atoms with Gasteiger partial charge in [0.1, 0.15) is 5.82 Å². The quantitative estimate of drug-likeness (QED) is 0.665. The number of carbonyl (C=O) groups is 1. The van der Waals surface area contributed by atoms with Gasteiger partial charge in [0, 0.05) is 18.2 Å². The Morgan fingerprint density at radius 3 is 2.50 bits per heavy atom. The van der Waals surface area contributed by atoms with Crippen molar-refractivity contribution >= 4 is 11.6 Å². The molecule has 0 aliphatic carbocycles. The number of nitro benzene ring substituents is 1. The highest BCUT2D eigenvalue weighted by Crippen LogP contribution is 2.21. The van der Waals surface area contributed by atoms with Crippen LogP contribution in [0.25, 0.3) is 0 Å². The van der Waals surface area contributed by atoms with E-state index >= 15 is 0 Å². The van der Waals surface area contributed by atoms with Crippen LogP contribution in [0.15, 0.2) is 12.1 Å². The molecular weight excluding hydrogens is 263 g/mol. The predicted molar refractivity (Wildman–Crippen MR) is 74.2 cm³/mol. The van der Waals surface area contributed by atoms with Crippen molar-refractivity contribution in [1.82, 2.24) is 5.32 Å². The molecule has 0 aromatic heterocycles. The Morgan fingerprint density at radius 1 is 1.45 bits per heavy atom. The Morgan fingerprint density at radius 2 is 2.05 bits per heavy atom. The van der Waals surface area contributed by atoms with Crippen LogP contribution in [-0.4, -0.2) is 16.9 Å². The van der Waals surface area contributed by atoms with Crippen molar-refractivity contribution in [3.8, 4) is 0 Å². The number of halogens is 1. The summed E-state index contributed by atoms with van der Waals surface area (Å²) in [6.07, 6.45) is 0.707. The zero-order valence-electron chi connectivity index (χ0n) is 12.1. The fourth-order valence-electron chi connectivity index (χ4n) is 2.01. The molecule has 1 unspecified atom stereocenters. The SMILES string of the molecule is CCC(NC(=O)c1cc([N+](=O)[O-])cc(C)c1F)C(C)C. The van der Waals surface area contributed by atoms with E-state index in [1.807, 2.05) is 20.8 Å². The van der Waals surface area contributed by atoms with Crippen LogP contribution in [0.3, 0.4) is 0 Å². The highest BCUT2D eigenvalue weighted by atomic mass is 19.1. The van der Waals surface area contributed by atoms with Gasteiger partial charge in [0.05, 0.1) is 10.5 Å². The molecular formula is C14H19FN2O3. The smallest absolute Gasteiger partial charge is 0.270 e. The van der Waals surface area contributed by atoms with Gasteiger partial charge in [0.25, 0.3) is 11.6 Å². The second kappa shape index (κ2) is 6.45. The minimum atomic E-state index is -0.716. The average molecular weight is 282 g/mol. The number of nitrogens with zero attached hydrogens (tertiary/aromatic N) is 1. The maximum absolute atomic E-state index is 14.0. The van der Waals surface area contributed by atoms with Crippen molar-refractivity contribution in [3.63, 3.8) is 0 Å². The van der Waals surface area contributed by atoms with Crippen molar-refractivity contribution in [2.24, 2.45) is 5.92 Å². The van der Waals surface area contributed by atoms with E-state index in [1.54, 1.807) is 0 Å². The second-order valence-corrected chi connectivity index (χ2v) is 5.11. The predicted octanol–water partition coefficient (Wildman–Crippen LogP) is 3.21. The molecule has 0 aliphatic rings. The van der Waals surface area contributed by atoms with Crippen molar-refractivity contribution in [2.45, 2.75) is 40.2 Å². The number of benzene rings is 1. The average Bonchev–Trinajstić information content (AvgIpc) is 2.37. The lowest BCUT2D eigenvalue weighted by atomic mass is 10.0. The first kappa shape index (κ1) is 16.1. The van der Waals surface area contributed by atoms with Crippen molar-refractivity contribution in [3.05, 3.63) is 39.2 Å². The number of rotatable bonds is 5. The van der Waals surface area contributed by atoms with E-state index in [9.17, 15) is 19.3 Å². The van der Waals surface area contributed by atoms with Gasteiger partial charge in [-0.15, -0.1) is 0 Å². The molecule has 5 nitrogen and oxygen atoms in total. The third-order valence-electron chi connectivity index (χ3n) is 3.26. The number of nitrogens with one attached hydrogen (secondary N) is 1. The van der Waals surface area contributed by atoms with Crippen LogP contribution in [0.1, 0.15) is 43.1 Å². The third kappa shape index (κ3) is 3.53. The molecule has 6 heteroatoms. The summed E-state index contributed by atoms with van der Waals surface area (Å²) in [5.41, 5.74) is -0.482. The van der Waals surface area contributed by atoms with Gasteiger partial charge in [-0.25, -0.2) is 4.39 Å². The summed E-state index contributed by atoms with van der Waals surface area (Å²) in [5.74, 6) is -1.13. The van der Waals surface area contributed by atoms with Crippen molar-refractivity contribution < 1.29 is 14.1 Å². The molecule has 1 N–H and O–H groups in total.